The number of carbonyl (C=O) groups excluding carboxylic acids is 1. The van der Waals surface area contributed by atoms with E-state index < -0.39 is 11.6 Å². The van der Waals surface area contributed by atoms with E-state index in [1.807, 2.05) is 0 Å². The molecule has 2 rings (SSSR count). The zero-order valence-electron chi connectivity index (χ0n) is 9.12. The van der Waals surface area contributed by atoms with E-state index in [1.165, 1.54) is 12.1 Å². The van der Waals surface area contributed by atoms with Crippen molar-refractivity contribution in [2.75, 3.05) is 13.2 Å². The van der Waals surface area contributed by atoms with Crippen LogP contribution in [0.3, 0.4) is 0 Å². The predicted molar refractivity (Wildman–Crippen MR) is 60.3 cm³/mol. The van der Waals surface area contributed by atoms with Gasteiger partial charge in [0.2, 0.25) is 0 Å². The van der Waals surface area contributed by atoms with Crippen LogP contribution in [0.25, 0.3) is 0 Å². The van der Waals surface area contributed by atoms with Crippen molar-refractivity contribution < 1.29 is 18.7 Å². The summed E-state index contributed by atoms with van der Waals surface area (Å²) in [4.78, 5) is 10.5. The largest absolute Gasteiger partial charge is 0.343 e. The first-order valence-electron chi connectivity index (χ1n) is 5.34. The minimum absolute atomic E-state index is 0.282. The molecule has 0 atom stereocenters. The number of aldehydes is 1. The molecule has 0 unspecified atom stereocenters. The molecule has 0 N–H and O–H groups in total. The lowest BCUT2D eigenvalue weighted by Gasteiger charge is -2.27. The van der Waals surface area contributed by atoms with Crippen molar-refractivity contribution in [2.45, 2.75) is 18.6 Å². The molecule has 0 amide bonds. The molecule has 0 aliphatic carbocycles. The van der Waals surface area contributed by atoms with Gasteiger partial charge in [0.05, 0.1) is 13.2 Å². The topological polar surface area (TPSA) is 35.5 Å². The fourth-order valence-corrected chi connectivity index (χ4v) is 2.15. The second-order valence-electron chi connectivity index (χ2n) is 3.81. The van der Waals surface area contributed by atoms with Gasteiger partial charge in [0.25, 0.3) is 0 Å². The van der Waals surface area contributed by atoms with Gasteiger partial charge < -0.3 is 14.3 Å². The van der Waals surface area contributed by atoms with E-state index in [-0.39, 0.29) is 11.4 Å². The Bertz CT molecular complexity index is 396. The number of rotatable bonds is 4. The highest BCUT2D eigenvalue weighted by atomic mass is 35.5. The van der Waals surface area contributed by atoms with Crippen LogP contribution in [0.5, 0.6) is 0 Å². The van der Waals surface area contributed by atoms with Gasteiger partial charge in [0, 0.05) is 23.4 Å². The third-order valence-electron chi connectivity index (χ3n) is 2.65. The van der Waals surface area contributed by atoms with Gasteiger partial charge in [0.1, 0.15) is 12.1 Å². The van der Waals surface area contributed by atoms with Crippen molar-refractivity contribution in [3.8, 4) is 0 Å². The van der Waals surface area contributed by atoms with Crippen LogP contribution in [0.2, 0.25) is 5.02 Å². The maximum Gasteiger partial charge on any atom is 0.195 e. The Morgan fingerprint density at radius 1 is 1.35 bits per heavy atom. The van der Waals surface area contributed by atoms with Crippen LogP contribution >= 0.6 is 11.6 Å². The highest BCUT2D eigenvalue weighted by molar-refractivity contribution is 6.30. The van der Waals surface area contributed by atoms with Crippen molar-refractivity contribution in [3.05, 3.63) is 34.6 Å². The van der Waals surface area contributed by atoms with Crippen LogP contribution in [-0.4, -0.2) is 19.5 Å². The summed E-state index contributed by atoms with van der Waals surface area (Å²) >= 11 is 5.80. The average molecular weight is 259 g/mol. The lowest BCUT2D eigenvalue weighted by Crippen LogP contribution is -2.27. The molecule has 5 heteroatoms. The minimum Gasteiger partial charge on any atom is -0.343 e. The molecule has 1 aliphatic heterocycles. The Balaban J connectivity index is 2.34. The predicted octanol–water partition coefficient (Wildman–Crippen LogP) is 2.66. The lowest BCUT2D eigenvalue weighted by molar-refractivity contribution is -0.172. The van der Waals surface area contributed by atoms with Crippen molar-refractivity contribution in [1.29, 1.82) is 0 Å². The summed E-state index contributed by atoms with van der Waals surface area (Å²) in [6, 6.07) is 4.14. The van der Waals surface area contributed by atoms with E-state index >= 15 is 0 Å². The quantitative estimate of drug-likeness (QED) is 0.779. The molecular formula is C12H12ClFO3. The number of hydrogen-bond donors (Lipinski definition) is 0. The molecule has 1 heterocycles. The van der Waals surface area contributed by atoms with Gasteiger partial charge in [-0.15, -0.1) is 0 Å². The van der Waals surface area contributed by atoms with Gasteiger partial charge >= 0.3 is 0 Å². The molecule has 0 aromatic heterocycles. The summed E-state index contributed by atoms with van der Waals surface area (Å²) in [6.07, 6.45) is 1.43. The maximum atomic E-state index is 13.3. The molecule has 3 nitrogen and oxygen atoms in total. The molecule has 0 radical (unpaired) electrons. The first kappa shape index (κ1) is 12.5. The van der Waals surface area contributed by atoms with Gasteiger partial charge in [0.15, 0.2) is 5.79 Å². The number of carbonyl (C=O) groups is 1. The standard InChI is InChI=1S/C12H12ClFO3/c13-10-6-9(7-11(14)8-10)12(2-1-3-15)16-4-5-17-12/h3,6-8H,1-2,4-5H2. The Morgan fingerprint density at radius 3 is 2.65 bits per heavy atom. The summed E-state index contributed by atoms with van der Waals surface area (Å²) in [6.45, 7) is 0.847. The summed E-state index contributed by atoms with van der Waals surface area (Å²) in [5, 5.41) is 0.282. The van der Waals surface area contributed by atoms with Crippen molar-refractivity contribution in [2.24, 2.45) is 0 Å². The van der Waals surface area contributed by atoms with Crippen LogP contribution < -0.4 is 0 Å². The Kier molecular flexibility index (Phi) is 3.76. The molecule has 1 fully saturated rings. The third kappa shape index (κ3) is 2.65. The molecule has 1 aliphatic rings. The first-order chi connectivity index (χ1) is 8.16. The third-order valence-corrected chi connectivity index (χ3v) is 2.87. The number of ether oxygens (including phenoxy) is 2. The molecule has 17 heavy (non-hydrogen) atoms. The van der Waals surface area contributed by atoms with E-state index in [9.17, 15) is 9.18 Å². The normalized spacial score (nSPS) is 18.2. The number of halogens is 2. The van der Waals surface area contributed by atoms with Crippen LogP contribution in [0, 0.1) is 5.82 Å². The second-order valence-corrected chi connectivity index (χ2v) is 4.25. The van der Waals surface area contributed by atoms with Gasteiger partial charge in [-0.3, -0.25) is 0 Å². The monoisotopic (exact) mass is 258 g/mol. The summed E-state index contributed by atoms with van der Waals surface area (Å²) in [5.74, 6) is -1.48. The fraction of sp³-hybridized carbons (Fsp3) is 0.417. The number of hydrogen-bond acceptors (Lipinski definition) is 3. The van der Waals surface area contributed by atoms with Gasteiger partial charge in [-0.1, -0.05) is 11.6 Å². The van der Waals surface area contributed by atoms with Gasteiger partial charge in [-0.2, -0.15) is 0 Å². The molecule has 0 spiro atoms. The molecule has 1 aromatic carbocycles. The highest BCUT2D eigenvalue weighted by Gasteiger charge is 2.38. The van der Waals surface area contributed by atoms with Crippen molar-refractivity contribution >= 4 is 17.9 Å². The van der Waals surface area contributed by atoms with Crippen molar-refractivity contribution in [1.82, 2.24) is 0 Å². The van der Waals surface area contributed by atoms with E-state index in [2.05, 4.69) is 0 Å². The van der Waals surface area contributed by atoms with Crippen LogP contribution in [-0.2, 0) is 20.1 Å². The fourth-order valence-electron chi connectivity index (χ4n) is 1.93. The number of benzene rings is 1. The molecule has 92 valence electrons. The van der Waals surface area contributed by atoms with E-state index in [0.717, 1.165) is 6.29 Å². The Labute approximate surface area is 103 Å². The molecular weight excluding hydrogens is 247 g/mol. The smallest absolute Gasteiger partial charge is 0.195 e. The highest BCUT2D eigenvalue weighted by Crippen LogP contribution is 2.37. The first-order valence-corrected chi connectivity index (χ1v) is 5.72. The van der Waals surface area contributed by atoms with Crippen molar-refractivity contribution in [3.63, 3.8) is 0 Å². The summed E-state index contributed by atoms with van der Waals surface area (Å²) in [5.41, 5.74) is 0.516. The van der Waals surface area contributed by atoms with Crippen LogP contribution in [0.4, 0.5) is 4.39 Å². The lowest BCUT2D eigenvalue weighted by atomic mass is 10.0. The maximum absolute atomic E-state index is 13.3. The zero-order chi connectivity index (χ0) is 12.3. The molecule has 0 bridgehead atoms. The van der Waals surface area contributed by atoms with E-state index in [4.69, 9.17) is 21.1 Å². The molecule has 1 saturated heterocycles. The summed E-state index contributed by atoms with van der Waals surface area (Å²) < 4.78 is 24.4. The van der Waals surface area contributed by atoms with Crippen LogP contribution in [0.1, 0.15) is 18.4 Å². The second kappa shape index (κ2) is 5.12. The minimum atomic E-state index is -1.04. The van der Waals surface area contributed by atoms with E-state index in [1.54, 1.807) is 6.07 Å². The van der Waals surface area contributed by atoms with Gasteiger partial charge in [-0.25, -0.2) is 4.39 Å². The average Bonchev–Trinajstić information content (AvgIpc) is 2.75. The molecule has 0 saturated carbocycles. The summed E-state index contributed by atoms with van der Waals surface area (Å²) in [7, 11) is 0. The Morgan fingerprint density at radius 2 is 2.06 bits per heavy atom. The van der Waals surface area contributed by atoms with Gasteiger partial charge in [-0.05, 0) is 18.2 Å². The SMILES string of the molecule is O=CCCC1(c2cc(F)cc(Cl)c2)OCCO1. The zero-order valence-corrected chi connectivity index (χ0v) is 9.87. The molecule has 1 aromatic rings. The van der Waals surface area contributed by atoms with E-state index in [0.29, 0.717) is 25.2 Å². The Hall–Kier alpha value is -0.970. The van der Waals surface area contributed by atoms with Crippen LogP contribution in [0.15, 0.2) is 18.2 Å².